The summed E-state index contributed by atoms with van der Waals surface area (Å²) in [5.41, 5.74) is 0.905. The molecule has 0 aliphatic heterocycles. The minimum atomic E-state index is -4.33. The summed E-state index contributed by atoms with van der Waals surface area (Å²) in [5.74, 6) is 0. The highest BCUT2D eigenvalue weighted by atomic mass is 19.4. The fourth-order valence-electron chi connectivity index (χ4n) is 1.81. The molecule has 0 bridgehead atoms. The maximum Gasteiger partial charge on any atom is 0.414 e. The largest absolute Gasteiger partial charge is 0.414 e. The zero-order valence-electron chi connectivity index (χ0n) is 10.7. The molecule has 2 nitrogen and oxygen atoms in total. The van der Waals surface area contributed by atoms with Crippen LogP contribution in [0.5, 0.6) is 0 Å². The number of benzene rings is 1. The van der Waals surface area contributed by atoms with E-state index >= 15 is 0 Å². The lowest BCUT2D eigenvalue weighted by Crippen LogP contribution is -2.37. The third-order valence-corrected chi connectivity index (χ3v) is 2.82. The van der Waals surface area contributed by atoms with Gasteiger partial charge in [-0.05, 0) is 26.5 Å². The summed E-state index contributed by atoms with van der Waals surface area (Å²) in [6, 6.07) is 9.01. The van der Waals surface area contributed by atoms with Crippen LogP contribution in [0.4, 0.5) is 13.2 Å². The van der Waals surface area contributed by atoms with Gasteiger partial charge in [-0.1, -0.05) is 30.3 Å². The second kappa shape index (κ2) is 6.20. The maximum absolute atomic E-state index is 12.4. The maximum atomic E-state index is 12.4. The summed E-state index contributed by atoms with van der Waals surface area (Å²) in [6.07, 6.45) is -6.68. The van der Waals surface area contributed by atoms with Gasteiger partial charge < -0.3 is 10.1 Å². The van der Waals surface area contributed by atoms with Crippen LogP contribution >= 0.6 is 0 Å². The molecule has 1 aromatic rings. The monoisotopic (exact) mass is 261 g/mol. The number of alkyl halides is 3. The molecular weight excluding hydrogens is 243 g/mol. The van der Waals surface area contributed by atoms with Crippen LogP contribution in [0.2, 0.25) is 0 Å². The minimum Gasteiger partial charge on any atom is -0.364 e. The van der Waals surface area contributed by atoms with Gasteiger partial charge in [-0.2, -0.15) is 13.2 Å². The predicted octanol–water partition coefficient (Wildman–Crippen LogP) is 3.30. The fraction of sp³-hybridized carbons (Fsp3) is 0.538. The van der Waals surface area contributed by atoms with Crippen LogP contribution in [-0.2, 0) is 4.74 Å². The van der Waals surface area contributed by atoms with E-state index in [1.165, 1.54) is 0 Å². The highest BCUT2D eigenvalue weighted by molar-refractivity contribution is 5.19. The van der Waals surface area contributed by atoms with Crippen molar-refractivity contribution < 1.29 is 17.9 Å². The summed E-state index contributed by atoms with van der Waals surface area (Å²) in [6.45, 7) is 2.66. The van der Waals surface area contributed by atoms with Gasteiger partial charge >= 0.3 is 6.18 Å². The SMILES string of the molecule is CNC(c1ccccc1)C(C)OC(C)C(F)(F)F. The molecule has 3 unspecified atom stereocenters. The van der Waals surface area contributed by atoms with E-state index < -0.39 is 18.4 Å². The van der Waals surface area contributed by atoms with Crippen LogP contribution in [0.3, 0.4) is 0 Å². The molecule has 102 valence electrons. The van der Waals surface area contributed by atoms with Crippen LogP contribution in [0, 0.1) is 0 Å². The van der Waals surface area contributed by atoms with Crippen LogP contribution in [0.25, 0.3) is 0 Å². The number of halogens is 3. The summed E-state index contributed by atoms with van der Waals surface area (Å²) in [4.78, 5) is 0. The van der Waals surface area contributed by atoms with E-state index in [2.05, 4.69) is 5.32 Å². The van der Waals surface area contributed by atoms with E-state index in [-0.39, 0.29) is 6.04 Å². The summed E-state index contributed by atoms with van der Waals surface area (Å²) >= 11 is 0. The summed E-state index contributed by atoms with van der Waals surface area (Å²) < 4.78 is 42.3. The Morgan fingerprint density at radius 1 is 1.11 bits per heavy atom. The van der Waals surface area contributed by atoms with Gasteiger partial charge in [-0.15, -0.1) is 0 Å². The Bertz CT molecular complexity index is 353. The van der Waals surface area contributed by atoms with Crippen molar-refractivity contribution in [3.8, 4) is 0 Å². The number of nitrogens with one attached hydrogen (secondary N) is 1. The van der Waals surface area contributed by atoms with Crippen molar-refractivity contribution in [2.45, 2.75) is 38.3 Å². The molecule has 1 aromatic carbocycles. The molecule has 18 heavy (non-hydrogen) atoms. The fourth-order valence-corrected chi connectivity index (χ4v) is 1.81. The zero-order chi connectivity index (χ0) is 13.8. The smallest absolute Gasteiger partial charge is 0.364 e. The van der Waals surface area contributed by atoms with Gasteiger partial charge in [0.1, 0.15) is 0 Å². The first-order valence-electron chi connectivity index (χ1n) is 5.80. The van der Waals surface area contributed by atoms with Crippen molar-refractivity contribution in [1.29, 1.82) is 0 Å². The molecular formula is C13H18F3NO. The van der Waals surface area contributed by atoms with E-state index in [4.69, 9.17) is 4.74 Å². The number of likely N-dealkylation sites (N-methyl/N-ethyl adjacent to an activating group) is 1. The second-order valence-corrected chi connectivity index (χ2v) is 4.20. The zero-order valence-corrected chi connectivity index (χ0v) is 10.7. The minimum absolute atomic E-state index is 0.268. The van der Waals surface area contributed by atoms with E-state index in [1.54, 1.807) is 14.0 Å². The standard InChI is InChI=1S/C13H18F3NO/c1-9(18-10(2)13(14,15)16)12(17-3)11-7-5-4-6-8-11/h4-10,12,17H,1-3H3. The van der Waals surface area contributed by atoms with Crippen molar-refractivity contribution >= 4 is 0 Å². The van der Waals surface area contributed by atoms with Crippen LogP contribution in [-0.4, -0.2) is 25.4 Å². The van der Waals surface area contributed by atoms with Crippen molar-refractivity contribution in [2.24, 2.45) is 0 Å². The van der Waals surface area contributed by atoms with E-state index in [0.29, 0.717) is 0 Å². The van der Waals surface area contributed by atoms with Crippen molar-refractivity contribution in [3.63, 3.8) is 0 Å². The van der Waals surface area contributed by atoms with Crippen molar-refractivity contribution in [3.05, 3.63) is 35.9 Å². The quantitative estimate of drug-likeness (QED) is 0.878. The van der Waals surface area contributed by atoms with Gasteiger partial charge in [0.05, 0.1) is 12.1 Å². The molecule has 0 aliphatic carbocycles. The van der Waals surface area contributed by atoms with Gasteiger partial charge in [0.15, 0.2) is 6.10 Å². The molecule has 5 heteroatoms. The lowest BCUT2D eigenvalue weighted by atomic mass is 10.0. The van der Waals surface area contributed by atoms with E-state index in [0.717, 1.165) is 12.5 Å². The van der Waals surface area contributed by atoms with Crippen molar-refractivity contribution in [2.75, 3.05) is 7.05 Å². The average Bonchev–Trinajstić information content (AvgIpc) is 2.30. The van der Waals surface area contributed by atoms with E-state index in [1.807, 2.05) is 30.3 Å². The van der Waals surface area contributed by atoms with Crippen LogP contribution in [0.1, 0.15) is 25.5 Å². The van der Waals surface area contributed by atoms with Crippen LogP contribution in [0.15, 0.2) is 30.3 Å². The number of hydrogen-bond donors (Lipinski definition) is 1. The Morgan fingerprint density at radius 2 is 1.67 bits per heavy atom. The molecule has 3 atom stereocenters. The van der Waals surface area contributed by atoms with Crippen molar-refractivity contribution in [1.82, 2.24) is 5.32 Å². The molecule has 0 aromatic heterocycles. The average molecular weight is 261 g/mol. The topological polar surface area (TPSA) is 21.3 Å². The lowest BCUT2D eigenvalue weighted by molar-refractivity contribution is -0.227. The third kappa shape index (κ3) is 3.99. The van der Waals surface area contributed by atoms with Gasteiger partial charge in [-0.25, -0.2) is 0 Å². The molecule has 1 rings (SSSR count). The first kappa shape index (κ1) is 15.0. The molecule has 0 spiro atoms. The molecule has 1 N–H and O–H groups in total. The molecule has 0 saturated heterocycles. The highest BCUT2D eigenvalue weighted by Gasteiger charge is 2.38. The molecule has 0 heterocycles. The Kier molecular flexibility index (Phi) is 5.16. The normalized spacial score (nSPS) is 17.2. The molecule has 0 fully saturated rings. The second-order valence-electron chi connectivity index (χ2n) is 4.20. The third-order valence-electron chi connectivity index (χ3n) is 2.82. The molecule has 0 amide bonds. The number of hydrogen-bond acceptors (Lipinski definition) is 2. The Labute approximate surface area is 105 Å². The lowest BCUT2D eigenvalue weighted by Gasteiger charge is -2.28. The Balaban J connectivity index is 2.72. The molecule has 0 radical (unpaired) electrons. The van der Waals surface area contributed by atoms with Gasteiger partial charge in [-0.3, -0.25) is 0 Å². The molecule has 0 aliphatic rings. The first-order valence-corrected chi connectivity index (χ1v) is 5.80. The number of rotatable bonds is 5. The predicted molar refractivity (Wildman–Crippen MR) is 64.3 cm³/mol. The first-order chi connectivity index (χ1) is 8.36. The van der Waals surface area contributed by atoms with E-state index in [9.17, 15) is 13.2 Å². The Morgan fingerprint density at radius 3 is 2.11 bits per heavy atom. The Hall–Kier alpha value is -1.07. The highest BCUT2D eigenvalue weighted by Crippen LogP contribution is 2.27. The summed E-state index contributed by atoms with van der Waals surface area (Å²) in [7, 11) is 1.70. The van der Waals surface area contributed by atoms with Gasteiger partial charge in [0.25, 0.3) is 0 Å². The molecule has 0 saturated carbocycles. The van der Waals surface area contributed by atoms with Gasteiger partial charge in [0.2, 0.25) is 0 Å². The van der Waals surface area contributed by atoms with Gasteiger partial charge in [0, 0.05) is 0 Å². The van der Waals surface area contributed by atoms with Crippen LogP contribution < -0.4 is 5.32 Å². The number of ether oxygens (including phenoxy) is 1. The summed E-state index contributed by atoms with van der Waals surface area (Å²) in [5, 5.41) is 2.98.